The lowest BCUT2D eigenvalue weighted by atomic mass is 9.98. The van der Waals surface area contributed by atoms with Gasteiger partial charge in [-0.25, -0.2) is 0 Å². The molecule has 156 valence electrons. The summed E-state index contributed by atoms with van der Waals surface area (Å²) < 4.78 is 0. The Morgan fingerprint density at radius 1 is 0.968 bits per heavy atom. The number of fused-ring (bicyclic) bond motifs is 1. The van der Waals surface area contributed by atoms with Crippen LogP contribution in [-0.2, 0) is 22.4 Å². The number of nitrogens with zero attached hydrogens (tertiary/aromatic N) is 1. The molecule has 0 atom stereocenters. The van der Waals surface area contributed by atoms with E-state index < -0.39 is 5.97 Å². The molecule has 0 aliphatic carbocycles. The summed E-state index contributed by atoms with van der Waals surface area (Å²) in [4.78, 5) is 22.0. The predicted octanol–water partition coefficient (Wildman–Crippen LogP) is 4.60. The molecule has 1 aromatic heterocycles. The summed E-state index contributed by atoms with van der Waals surface area (Å²) >= 11 is 6.51. The molecule has 0 bridgehead atoms. The fraction of sp³-hybridized carbons (Fsp3) is 0.125. The first-order valence-electron chi connectivity index (χ1n) is 9.77. The van der Waals surface area contributed by atoms with Crippen LogP contribution in [0.15, 0.2) is 60.7 Å². The fourth-order valence-corrected chi connectivity index (χ4v) is 3.86. The van der Waals surface area contributed by atoms with Gasteiger partial charge in [0.15, 0.2) is 0 Å². The SMILES string of the molecule is NC(=O)Cc1ccc(-c2ccc(-c3cc4c(CCC(=O)O)n[nH]c4cc3Cl)cc2)cc1. The highest BCUT2D eigenvalue weighted by atomic mass is 35.5. The summed E-state index contributed by atoms with van der Waals surface area (Å²) in [5.74, 6) is -1.21. The molecule has 6 nitrogen and oxygen atoms in total. The van der Waals surface area contributed by atoms with Gasteiger partial charge in [0, 0.05) is 17.4 Å². The molecule has 0 aliphatic heterocycles. The van der Waals surface area contributed by atoms with Crippen molar-refractivity contribution in [3.8, 4) is 22.3 Å². The zero-order valence-corrected chi connectivity index (χ0v) is 17.3. The lowest BCUT2D eigenvalue weighted by Crippen LogP contribution is -2.13. The highest BCUT2D eigenvalue weighted by Crippen LogP contribution is 2.34. The molecule has 0 unspecified atom stereocenters. The highest BCUT2D eigenvalue weighted by Gasteiger charge is 2.13. The van der Waals surface area contributed by atoms with Crippen molar-refractivity contribution in [2.75, 3.05) is 0 Å². The Bertz CT molecular complexity index is 1260. The summed E-state index contributed by atoms with van der Waals surface area (Å²) in [6.07, 6.45) is 0.592. The van der Waals surface area contributed by atoms with Crippen LogP contribution in [-0.4, -0.2) is 27.2 Å². The Kier molecular flexibility index (Phi) is 5.73. The van der Waals surface area contributed by atoms with Crippen molar-refractivity contribution in [2.45, 2.75) is 19.3 Å². The van der Waals surface area contributed by atoms with E-state index in [9.17, 15) is 9.59 Å². The average molecular weight is 434 g/mol. The molecule has 4 N–H and O–H groups in total. The van der Waals surface area contributed by atoms with Crippen LogP contribution in [0.3, 0.4) is 0 Å². The molecular weight excluding hydrogens is 414 g/mol. The monoisotopic (exact) mass is 433 g/mol. The number of H-pyrrole nitrogens is 1. The van der Waals surface area contributed by atoms with E-state index in [1.807, 2.05) is 60.7 Å². The van der Waals surface area contributed by atoms with E-state index in [0.717, 1.165) is 38.7 Å². The normalized spacial score (nSPS) is 11.0. The zero-order valence-electron chi connectivity index (χ0n) is 16.6. The highest BCUT2D eigenvalue weighted by molar-refractivity contribution is 6.34. The van der Waals surface area contributed by atoms with Crippen LogP contribution < -0.4 is 5.73 Å². The third-order valence-corrected chi connectivity index (χ3v) is 5.48. The number of aliphatic carboxylic acids is 1. The number of carbonyl (C=O) groups is 2. The number of carboxylic acid groups (broad SMARTS) is 1. The number of nitrogens with one attached hydrogen (secondary N) is 1. The topological polar surface area (TPSA) is 109 Å². The number of hydrogen-bond acceptors (Lipinski definition) is 3. The third kappa shape index (κ3) is 4.59. The van der Waals surface area contributed by atoms with Crippen molar-refractivity contribution in [1.82, 2.24) is 10.2 Å². The fourth-order valence-electron chi connectivity index (χ4n) is 3.59. The molecule has 0 saturated carbocycles. The lowest BCUT2D eigenvalue weighted by molar-refractivity contribution is -0.137. The largest absolute Gasteiger partial charge is 0.481 e. The van der Waals surface area contributed by atoms with Gasteiger partial charge in [0.1, 0.15) is 0 Å². The molecule has 4 rings (SSSR count). The average Bonchev–Trinajstić information content (AvgIpc) is 3.13. The zero-order chi connectivity index (χ0) is 22.0. The van der Waals surface area contributed by atoms with Crippen LogP contribution in [0.4, 0.5) is 0 Å². The molecule has 1 heterocycles. The number of aromatic amines is 1. The molecular formula is C24H20ClN3O3. The number of carboxylic acids is 1. The summed E-state index contributed by atoms with van der Waals surface area (Å²) in [5, 5.41) is 17.6. The quantitative estimate of drug-likeness (QED) is 0.395. The van der Waals surface area contributed by atoms with E-state index in [0.29, 0.717) is 17.1 Å². The smallest absolute Gasteiger partial charge is 0.303 e. The molecule has 0 aliphatic rings. The third-order valence-electron chi connectivity index (χ3n) is 5.17. The Labute approximate surface area is 183 Å². The van der Waals surface area contributed by atoms with E-state index in [-0.39, 0.29) is 18.7 Å². The first kappa shape index (κ1) is 20.6. The Morgan fingerprint density at radius 2 is 1.58 bits per heavy atom. The van der Waals surface area contributed by atoms with Gasteiger partial charge in [-0.3, -0.25) is 14.7 Å². The van der Waals surface area contributed by atoms with Gasteiger partial charge in [-0.15, -0.1) is 0 Å². The van der Waals surface area contributed by atoms with E-state index in [2.05, 4.69) is 10.2 Å². The van der Waals surface area contributed by atoms with Crippen LogP contribution in [0.5, 0.6) is 0 Å². The number of hydrogen-bond donors (Lipinski definition) is 3. The lowest BCUT2D eigenvalue weighted by Gasteiger charge is -2.08. The van der Waals surface area contributed by atoms with Gasteiger partial charge in [0.25, 0.3) is 0 Å². The minimum atomic E-state index is -0.858. The number of aryl methyl sites for hydroxylation is 1. The number of rotatable bonds is 7. The van der Waals surface area contributed by atoms with E-state index in [4.69, 9.17) is 22.4 Å². The maximum absolute atomic E-state index is 11.1. The predicted molar refractivity (Wildman–Crippen MR) is 121 cm³/mol. The Balaban J connectivity index is 1.62. The molecule has 1 amide bonds. The molecule has 0 saturated heterocycles. The van der Waals surface area contributed by atoms with Gasteiger partial charge in [-0.2, -0.15) is 5.10 Å². The summed E-state index contributed by atoms with van der Waals surface area (Å²) in [6.45, 7) is 0. The van der Waals surface area contributed by atoms with Gasteiger partial charge in [-0.1, -0.05) is 60.1 Å². The second-order valence-corrected chi connectivity index (χ2v) is 7.77. The minimum Gasteiger partial charge on any atom is -0.481 e. The van der Waals surface area contributed by atoms with Crippen LogP contribution in [0.1, 0.15) is 17.7 Å². The van der Waals surface area contributed by atoms with Crippen molar-refractivity contribution >= 4 is 34.4 Å². The van der Waals surface area contributed by atoms with Crippen LogP contribution in [0.25, 0.3) is 33.2 Å². The molecule has 7 heteroatoms. The van der Waals surface area contributed by atoms with Crippen molar-refractivity contribution < 1.29 is 14.7 Å². The summed E-state index contributed by atoms with van der Waals surface area (Å²) in [7, 11) is 0. The number of amides is 1. The van der Waals surface area contributed by atoms with Crippen molar-refractivity contribution in [2.24, 2.45) is 5.73 Å². The molecule has 3 aromatic carbocycles. The molecule has 0 fully saturated rings. The van der Waals surface area contributed by atoms with Gasteiger partial charge < -0.3 is 10.8 Å². The van der Waals surface area contributed by atoms with E-state index in [1.54, 1.807) is 0 Å². The van der Waals surface area contributed by atoms with Crippen molar-refractivity contribution in [3.63, 3.8) is 0 Å². The first-order chi connectivity index (χ1) is 14.9. The number of benzene rings is 3. The first-order valence-corrected chi connectivity index (χ1v) is 10.1. The van der Waals surface area contributed by atoms with Gasteiger partial charge in [0.2, 0.25) is 5.91 Å². The number of aromatic nitrogens is 2. The molecule has 0 radical (unpaired) electrons. The van der Waals surface area contributed by atoms with E-state index >= 15 is 0 Å². The van der Waals surface area contributed by atoms with Crippen LogP contribution in [0.2, 0.25) is 5.02 Å². The van der Waals surface area contributed by atoms with Crippen LogP contribution >= 0.6 is 11.6 Å². The molecule has 0 spiro atoms. The Morgan fingerprint density at radius 3 is 2.19 bits per heavy atom. The number of halogens is 1. The van der Waals surface area contributed by atoms with Gasteiger partial charge >= 0.3 is 5.97 Å². The molecule has 31 heavy (non-hydrogen) atoms. The van der Waals surface area contributed by atoms with Gasteiger partial charge in [0.05, 0.1) is 29.1 Å². The molecule has 4 aromatic rings. The standard InChI is InChI=1S/C24H20ClN3O3/c25-20-13-22-19(21(27-28-22)9-10-24(30)31)12-18(20)17-7-5-16(6-8-17)15-3-1-14(2-4-15)11-23(26)29/h1-8,12-13H,9-11H2,(H2,26,29)(H,27,28)(H,30,31). The van der Waals surface area contributed by atoms with Crippen molar-refractivity contribution in [1.29, 1.82) is 0 Å². The maximum atomic E-state index is 11.1. The summed E-state index contributed by atoms with van der Waals surface area (Å²) in [6, 6.07) is 19.5. The number of carbonyl (C=O) groups excluding carboxylic acids is 1. The van der Waals surface area contributed by atoms with Crippen molar-refractivity contribution in [3.05, 3.63) is 76.9 Å². The van der Waals surface area contributed by atoms with Gasteiger partial charge in [-0.05, 0) is 34.4 Å². The number of primary amides is 1. The number of nitrogens with two attached hydrogens (primary N) is 1. The van der Waals surface area contributed by atoms with Crippen LogP contribution in [0, 0.1) is 0 Å². The second kappa shape index (κ2) is 8.62. The second-order valence-electron chi connectivity index (χ2n) is 7.36. The Hall–Kier alpha value is -3.64. The minimum absolute atomic E-state index is 0.0187. The maximum Gasteiger partial charge on any atom is 0.303 e. The summed E-state index contributed by atoms with van der Waals surface area (Å²) in [5.41, 5.74) is 11.5. The van der Waals surface area contributed by atoms with E-state index in [1.165, 1.54) is 0 Å².